The Labute approximate surface area is 159 Å². The molecule has 0 fully saturated rings. The fourth-order valence-corrected chi connectivity index (χ4v) is 2.55. The van der Waals surface area contributed by atoms with Gasteiger partial charge >= 0.3 is 5.97 Å². The van der Waals surface area contributed by atoms with Crippen molar-refractivity contribution in [2.24, 2.45) is 0 Å². The molecule has 0 aliphatic rings. The normalized spacial score (nSPS) is 11.0. The lowest BCUT2D eigenvalue weighted by Crippen LogP contribution is -2.11. The molecule has 1 rings (SSSR count). The number of hydrogen-bond acceptors (Lipinski definition) is 5. The average Bonchev–Trinajstić information content (AvgIpc) is 2.61. The molecule has 1 aromatic carbocycles. The van der Waals surface area contributed by atoms with Crippen molar-refractivity contribution in [1.82, 2.24) is 0 Å². The van der Waals surface area contributed by atoms with Crippen molar-refractivity contribution in [1.29, 1.82) is 0 Å². The summed E-state index contributed by atoms with van der Waals surface area (Å²) in [5.74, 6) is -1.38. The van der Waals surface area contributed by atoms with Crippen LogP contribution >= 0.6 is 0 Å². The summed E-state index contributed by atoms with van der Waals surface area (Å²) in [5.41, 5.74) is 3.32. The van der Waals surface area contributed by atoms with E-state index in [1.54, 1.807) is 6.07 Å². The third-order valence-corrected chi connectivity index (χ3v) is 3.78. The van der Waals surface area contributed by atoms with Gasteiger partial charge in [0.05, 0.1) is 7.11 Å². The molecular weight excluding hydrogens is 346 g/mol. The Morgan fingerprint density at radius 3 is 2.37 bits per heavy atom. The summed E-state index contributed by atoms with van der Waals surface area (Å²) < 4.78 is 4.48. The third-order valence-electron chi connectivity index (χ3n) is 3.78. The van der Waals surface area contributed by atoms with E-state index in [1.807, 2.05) is 19.9 Å². The van der Waals surface area contributed by atoms with Crippen molar-refractivity contribution < 1.29 is 23.9 Å². The topological polar surface area (TPSA) is 89.5 Å². The van der Waals surface area contributed by atoms with Crippen LogP contribution in [0.1, 0.15) is 37.0 Å². The molecule has 0 aromatic heterocycles. The average molecular weight is 371 g/mol. The minimum atomic E-state index is -0.578. The number of allylic oxidation sites excluding steroid dienone is 2. The highest BCUT2D eigenvalue weighted by molar-refractivity contribution is 6.03. The highest BCUT2D eigenvalue weighted by Gasteiger charge is 2.12. The number of amides is 1. The summed E-state index contributed by atoms with van der Waals surface area (Å²) in [6.07, 6.45) is 6.49. The van der Waals surface area contributed by atoms with Crippen LogP contribution in [0.25, 0.3) is 0 Å². The van der Waals surface area contributed by atoms with Gasteiger partial charge < -0.3 is 10.1 Å². The zero-order valence-electron chi connectivity index (χ0n) is 16.1. The molecule has 0 heterocycles. The zero-order valence-corrected chi connectivity index (χ0v) is 16.1. The monoisotopic (exact) mass is 371 g/mol. The van der Waals surface area contributed by atoms with E-state index in [4.69, 9.17) is 0 Å². The molecule has 0 aliphatic carbocycles. The van der Waals surface area contributed by atoms with Crippen LogP contribution in [-0.4, -0.2) is 30.6 Å². The van der Waals surface area contributed by atoms with Crippen LogP contribution in [0.4, 0.5) is 5.69 Å². The van der Waals surface area contributed by atoms with E-state index < -0.39 is 11.9 Å². The first-order valence-electron chi connectivity index (χ1n) is 8.67. The van der Waals surface area contributed by atoms with Crippen molar-refractivity contribution in [3.63, 3.8) is 0 Å². The van der Waals surface area contributed by atoms with E-state index in [0.29, 0.717) is 5.69 Å². The maximum absolute atomic E-state index is 12.1. The van der Waals surface area contributed by atoms with E-state index in [2.05, 4.69) is 10.1 Å². The molecule has 6 nitrogen and oxygen atoms in total. The quantitative estimate of drug-likeness (QED) is 0.532. The van der Waals surface area contributed by atoms with Gasteiger partial charge in [0.25, 0.3) is 0 Å². The Bertz CT molecular complexity index is 790. The van der Waals surface area contributed by atoms with Crippen LogP contribution in [0.3, 0.4) is 0 Å². The predicted octanol–water partition coefficient (Wildman–Crippen LogP) is 2.87. The number of nitrogens with one attached hydrogen (secondary N) is 1. The zero-order chi connectivity index (χ0) is 20.4. The molecule has 27 heavy (non-hydrogen) atoms. The summed E-state index contributed by atoms with van der Waals surface area (Å²) in [4.78, 5) is 46.1. The van der Waals surface area contributed by atoms with Crippen LogP contribution in [-0.2, 0) is 36.8 Å². The van der Waals surface area contributed by atoms with E-state index in [9.17, 15) is 19.2 Å². The van der Waals surface area contributed by atoms with Crippen molar-refractivity contribution in [3.05, 3.63) is 53.1 Å². The molecule has 0 radical (unpaired) electrons. The van der Waals surface area contributed by atoms with E-state index in [-0.39, 0.29) is 18.0 Å². The molecule has 0 atom stereocenters. The number of ether oxygens (including phenoxy) is 1. The molecule has 0 saturated carbocycles. The number of ketones is 2. The van der Waals surface area contributed by atoms with Crippen LogP contribution in [0, 0.1) is 6.92 Å². The lowest BCUT2D eigenvalue weighted by atomic mass is 9.93. The molecule has 144 valence electrons. The van der Waals surface area contributed by atoms with Gasteiger partial charge in [0.1, 0.15) is 0 Å². The van der Waals surface area contributed by atoms with Crippen molar-refractivity contribution in [2.45, 2.75) is 40.0 Å². The Morgan fingerprint density at radius 1 is 1.07 bits per heavy atom. The number of carbonyl (C=O) groups excluding carboxylic acids is 4. The second-order valence-corrected chi connectivity index (χ2v) is 6.11. The van der Waals surface area contributed by atoms with Crippen molar-refractivity contribution in [2.75, 3.05) is 12.4 Å². The van der Waals surface area contributed by atoms with Gasteiger partial charge in [-0.05, 0) is 61.2 Å². The summed E-state index contributed by atoms with van der Waals surface area (Å²) in [5, 5.41) is 2.73. The molecular formula is C21H25NO5. The first-order chi connectivity index (χ1) is 12.8. The molecule has 6 heteroatoms. The molecule has 0 spiro atoms. The Morgan fingerprint density at radius 2 is 1.78 bits per heavy atom. The fourth-order valence-electron chi connectivity index (χ4n) is 2.55. The molecule has 0 saturated heterocycles. The Balaban J connectivity index is 3.04. The van der Waals surface area contributed by atoms with E-state index in [1.165, 1.54) is 32.3 Å². The Kier molecular flexibility index (Phi) is 8.85. The number of hydrogen-bond donors (Lipinski definition) is 1. The van der Waals surface area contributed by atoms with Gasteiger partial charge in [-0.2, -0.15) is 0 Å². The Hall–Kier alpha value is -3.02. The van der Waals surface area contributed by atoms with E-state index >= 15 is 0 Å². The SMILES string of the molecule is CCCc1cc(NC(=O)/C=C\C(C)=O)cc(C)c1CC(=O)/C=C\C(=O)OC. The molecule has 1 amide bonds. The predicted molar refractivity (Wildman–Crippen MR) is 103 cm³/mol. The molecule has 0 aliphatic heterocycles. The molecule has 0 bridgehead atoms. The van der Waals surface area contributed by atoms with Crippen LogP contribution in [0.5, 0.6) is 0 Å². The number of anilines is 1. The largest absolute Gasteiger partial charge is 0.466 e. The fraction of sp³-hybridized carbons (Fsp3) is 0.333. The number of aryl methyl sites for hydroxylation is 2. The lowest BCUT2D eigenvalue weighted by molar-refractivity contribution is -0.135. The maximum Gasteiger partial charge on any atom is 0.330 e. The van der Waals surface area contributed by atoms with E-state index in [0.717, 1.165) is 35.6 Å². The summed E-state index contributed by atoms with van der Waals surface area (Å²) in [6, 6.07) is 3.62. The summed E-state index contributed by atoms with van der Waals surface area (Å²) in [7, 11) is 1.25. The van der Waals surface area contributed by atoms with Crippen LogP contribution in [0.2, 0.25) is 0 Å². The third kappa shape index (κ3) is 7.81. The minimum Gasteiger partial charge on any atom is -0.466 e. The second kappa shape index (κ2) is 10.9. The highest BCUT2D eigenvalue weighted by Crippen LogP contribution is 2.23. The van der Waals surface area contributed by atoms with Crippen LogP contribution < -0.4 is 5.32 Å². The number of esters is 1. The molecule has 1 aromatic rings. The molecule has 1 N–H and O–H groups in total. The highest BCUT2D eigenvalue weighted by atomic mass is 16.5. The van der Waals surface area contributed by atoms with Gasteiger partial charge in [0, 0.05) is 24.3 Å². The maximum atomic E-state index is 12.1. The standard InChI is InChI=1S/C21H25NO5/c1-5-6-16-12-17(22-20(25)9-7-15(3)23)11-14(2)19(16)13-18(24)8-10-21(26)27-4/h7-12H,5-6,13H2,1-4H3,(H,22,25)/b9-7-,10-8-. The second-order valence-electron chi connectivity index (χ2n) is 6.11. The number of carbonyl (C=O) groups is 4. The van der Waals surface area contributed by atoms with Gasteiger partial charge in [-0.25, -0.2) is 4.79 Å². The number of benzene rings is 1. The summed E-state index contributed by atoms with van der Waals surface area (Å²) in [6.45, 7) is 5.26. The molecule has 0 unspecified atom stereocenters. The summed E-state index contributed by atoms with van der Waals surface area (Å²) >= 11 is 0. The minimum absolute atomic E-state index is 0.160. The van der Waals surface area contributed by atoms with Crippen molar-refractivity contribution in [3.8, 4) is 0 Å². The first-order valence-corrected chi connectivity index (χ1v) is 8.67. The van der Waals surface area contributed by atoms with Crippen molar-refractivity contribution >= 4 is 29.1 Å². The lowest BCUT2D eigenvalue weighted by Gasteiger charge is -2.14. The first kappa shape index (κ1) is 22.0. The van der Waals surface area contributed by atoms with Gasteiger partial charge in [-0.3, -0.25) is 14.4 Å². The van der Waals surface area contributed by atoms with Gasteiger partial charge in [0.15, 0.2) is 11.6 Å². The smallest absolute Gasteiger partial charge is 0.330 e. The van der Waals surface area contributed by atoms with Gasteiger partial charge in [0.2, 0.25) is 5.91 Å². The number of methoxy groups -OCH3 is 1. The van der Waals surface area contributed by atoms with Gasteiger partial charge in [-0.1, -0.05) is 13.3 Å². The van der Waals surface area contributed by atoms with Gasteiger partial charge in [-0.15, -0.1) is 0 Å². The van der Waals surface area contributed by atoms with Crippen LogP contribution in [0.15, 0.2) is 36.4 Å². The number of rotatable bonds is 9.